The topological polar surface area (TPSA) is 53.1 Å². The highest BCUT2D eigenvalue weighted by molar-refractivity contribution is 5.46. The average Bonchev–Trinajstić information content (AvgIpc) is 2.47. The van der Waals surface area contributed by atoms with Crippen molar-refractivity contribution in [2.75, 3.05) is 19.0 Å². The monoisotopic (exact) mass is 179 g/mol. The molecular weight excluding hydrogens is 166 g/mol. The summed E-state index contributed by atoms with van der Waals surface area (Å²) in [6, 6.07) is 2.01. The van der Waals surface area contributed by atoms with Crippen LogP contribution in [0, 0.1) is 11.3 Å². The maximum atomic E-state index is 8.76. The lowest BCUT2D eigenvalue weighted by molar-refractivity contribution is 0.473. The normalized spacial score (nSPS) is 10.2. The molecule has 4 heteroatoms. The van der Waals surface area contributed by atoms with Gasteiger partial charge < -0.3 is 9.32 Å². The Kier molecular flexibility index (Phi) is 2.57. The first-order chi connectivity index (χ1) is 6.06. The number of hydrogen-bond donors (Lipinski definition) is 0. The molecule has 1 aromatic rings. The zero-order chi connectivity index (χ0) is 10.0. The Morgan fingerprint density at radius 2 is 2.08 bits per heavy atom. The van der Waals surface area contributed by atoms with E-state index in [0.29, 0.717) is 17.5 Å². The van der Waals surface area contributed by atoms with Crippen LogP contribution in [0.4, 0.5) is 5.88 Å². The number of rotatable bonds is 2. The number of anilines is 1. The van der Waals surface area contributed by atoms with E-state index in [1.807, 2.05) is 34.0 Å². The number of nitriles is 1. The molecule has 0 spiro atoms. The molecular formula is C9H13N3O. The van der Waals surface area contributed by atoms with Crippen molar-refractivity contribution in [1.29, 1.82) is 5.26 Å². The van der Waals surface area contributed by atoms with E-state index in [1.165, 1.54) is 0 Å². The van der Waals surface area contributed by atoms with Crippen LogP contribution in [0.5, 0.6) is 0 Å². The van der Waals surface area contributed by atoms with E-state index in [0.717, 1.165) is 0 Å². The van der Waals surface area contributed by atoms with Crippen molar-refractivity contribution in [3.63, 3.8) is 0 Å². The van der Waals surface area contributed by atoms with Crippen molar-refractivity contribution in [2.24, 2.45) is 0 Å². The average molecular weight is 179 g/mol. The molecule has 0 atom stereocenters. The second kappa shape index (κ2) is 3.48. The van der Waals surface area contributed by atoms with Gasteiger partial charge in [-0.05, 0) is 0 Å². The number of hydrogen-bond acceptors (Lipinski definition) is 4. The number of oxazole rings is 1. The van der Waals surface area contributed by atoms with E-state index in [1.54, 1.807) is 4.90 Å². The minimum Gasteiger partial charge on any atom is -0.423 e. The van der Waals surface area contributed by atoms with Gasteiger partial charge in [0, 0.05) is 20.0 Å². The molecule has 0 unspecified atom stereocenters. The van der Waals surface area contributed by atoms with E-state index < -0.39 is 0 Å². The van der Waals surface area contributed by atoms with Crippen molar-refractivity contribution in [1.82, 2.24) is 4.98 Å². The quantitative estimate of drug-likeness (QED) is 0.693. The Hall–Kier alpha value is -1.50. The molecule has 1 rings (SSSR count). The van der Waals surface area contributed by atoms with Gasteiger partial charge in [-0.3, -0.25) is 0 Å². The largest absolute Gasteiger partial charge is 0.423 e. The molecule has 0 amide bonds. The third-order valence-electron chi connectivity index (χ3n) is 1.63. The minimum atomic E-state index is 0.209. The molecule has 0 bridgehead atoms. The van der Waals surface area contributed by atoms with E-state index in [4.69, 9.17) is 9.68 Å². The highest BCUT2D eigenvalue weighted by Crippen LogP contribution is 2.23. The molecule has 0 aliphatic carbocycles. The molecule has 70 valence electrons. The summed E-state index contributed by atoms with van der Waals surface area (Å²) in [5, 5.41) is 8.76. The second-order valence-corrected chi connectivity index (χ2v) is 3.37. The third kappa shape index (κ3) is 1.81. The zero-order valence-electron chi connectivity index (χ0n) is 8.33. The van der Waals surface area contributed by atoms with Crippen molar-refractivity contribution in [2.45, 2.75) is 19.8 Å². The smallest absolute Gasteiger partial charge is 0.234 e. The summed E-state index contributed by atoms with van der Waals surface area (Å²) in [7, 11) is 3.65. The molecule has 0 fully saturated rings. The van der Waals surface area contributed by atoms with E-state index in [-0.39, 0.29) is 5.92 Å². The summed E-state index contributed by atoms with van der Waals surface area (Å²) >= 11 is 0. The van der Waals surface area contributed by atoms with Gasteiger partial charge in [0.15, 0.2) is 0 Å². The SMILES string of the molecule is CC(C)c1nc(C#N)c(N(C)C)o1. The Bertz CT molecular complexity index is 333. The van der Waals surface area contributed by atoms with Crippen LogP contribution in [0.3, 0.4) is 0 Å². The molecule has 0 aromatic carbocycles. The van der Waals surface area contributed by atoms with Crippen LogP contribution < -0.4 is 4.90 Å². The molecule has 0 N–H and O–H groups in total. The van der Waals surface area contributed by atoms with Crippen LogP contribution in [0.25, 0.3) is 0 Å². The van der Waals surface area contributed by atoms with Crippen LogP contribution in [0.15, 0.2) is 4.42 Å². The second-order valence-electron chi connectivity index (χ2n) is 3.37. The van der Waals surface area contributed by atoms with Crippen LogP contribution in [0.2, 0.25) is 0 Å². The molecule has 0 saturated carbocycles. The third-order valence-corrected chi connectivity index (χ3v) is 1.63. The maximum Gasteiger partial charge on any atom is 0.234 e. The van der Waals surface area contributed by atoms with Gasteiger partial charge in [-0.25, -0.2) is 4.98 Å². The van der Waals surface area contributed by atoms with Crippen molar-refractivity contribution < 1.29 is 4.42 Å². The van der Waals surface area contributed by atoms with Gasteiger partial charge in [0.25, 0.3) is 0 Å². The van der Waals surface area contributed by atoms with Crippen LogP contribution in [0.1, 0.15) is 31.4 Å². The standard InChI is InChI=1S/C9H13N3O/c1-6(2)8-11-7(5-10)9(13-8)12(3)4/h6H,1-4H3. The summed E-state index contributed by atoms with van der Waals surface area (Å²) < 4.78 is 5.42. The summed E-state index contributed by atoms with van der Waals surface area (Å²) in [4.78, 5) is 5.83. The fourth-order valence-electron chi connectivity index (χ4n) is 0.951. The lowest BCUT2D eigenvalue weighted by Gasteiger charge is -2.06. The van der Waals surface area contributed by atoms with E-state index in [2.05, 4.69) is 4.98 Å². The zero-order valence-corrected chi connectivity index (χ0v) is 8.33. The van der Waals surface area contributed by atoms with Crippen LogP contribution in [-0.4, -0.2) is 19.1 Å². The van der Waals surface area contributed by atoms with E-state index >= 15 is 0 Å². The Morgan fingerprint density at radius 3 is 2.38 bits per heavy atom. The molecule has 0 radical (unpaired) electrons. The fourth-order valence-corrected chi connectivity index (χ4v) is 0.951. The molecule has 0 saturated heterocycles. The van der Waals surface area contributed by atoms with Gasteiger partial charge in [0.05, 0.1) is 0 Å². The Balaban J connectivity index is 3.14. The van der Waals surface area contributed by atoms with Gasteiger partial charge in [-0.15, -0.1) is 0 Å². The molecule has 1 aromatic heterocycles. The first-order valence-corrected chi connectivity index (χ1v) is 4.14. The molecule has 1 heterocycles. The van der Waals surface area contributed by atoms with Gasteiger partial charge in [0.1, 0.15) is 6.07 Å². The Labute approximate surface area is 77.8 Å². The maximum absolute atomic E-state index is 8.76. The van der Waals surface area contributed by atoms with E-state index in [9.17, 15) is 0 Å². The van der Waals surface area contributed by atoms with Crippen LogP contribution in [-0.2, 0) is 0 Å². The molecule has 13 heavy (non-hydrogen) atoms. The number of aromatic nitrogens is 1. The summed E-state index contributed by atoms with van der Waals surface area (Å²) in [6.07, 6.45) is 0. The number of nitrogens with zero attached hydrogens (tertiary/aromatic N) is 3. The summed E-state index contributed by atoms with van der Waals surface area (Å²) in [5.74, 6) is 1.35. The van der Waals surface area contributed by atoms with Gasteiger partial charge in [-0.2, -0.15) is 5.26 Å². The Morgan fingerprint density at radius 1 is 1.46 bits per heavy atom. The fraction of sp³-hybridized carbons (Fsp3) is 0.556. The molecule has 0 aliphatic heterocycles. The first kappa shape index (κ1) is 9.59. The minimum absolute atomic E-state index is 0.209. The molecule has 0 aliphatic rings. The predicted octanol–water partition coefficient (Wildman–Crippen LogP) is 1.74. The molecule has 4 nitrogen and oxygen atoms in total. The summed E-state index contributed by atoms with van der Waals surface area (Å²) in [5.41, 5.74) is 0.355. The van der Waals surface area contributed by atoms with Crippen LogP contribution >= 0.6 is 0 Å². The predicted molar refractivity (Wildman–Crippen MR) is 49.6 cm³/mol. The summed E-state index contributed by atoms with van der Waals surface area (Å²) in [6.45, 7) is 3.96. The lowest BCUT2D eigenvalue weighted by Crippen LogP contribution is -2.08. The lowest BCUT2D eigenvalue weighted by atomic mass is 10.2. The van der Waals surface area contributed by atoms with Gasteiger partial charge >= 0.3 is 0 Å². The van der Waals surface area contributed by atoms with Crippen molar-refractivity contribution in [3.05, 3.63) is 11.6 Å². The first-order valence-electron chi connectivity index (χ1n) is 4.14. The van der Waals surface area contributed by atoms with Gasteiger partial charge in [0.2, 0.25) is 17.5 Å². The highest BCUT2D eigenvalue weighted by Gasteiger charge is 2.16. The van der Waals surface area contributed by atoms with Crippen molar-refractivity contribution in [3.8, 4) is 6.07 Å². The van der Waals surface area contributed by atoms with Crippen molar-refractivity contribution >= 4 is 5.88 Å². The van der Waals surface area contributed by atoms with Gasteiger partial charge in [-0.1, -0.05) is 13.8 Å². The highest BCUT2D eigenvalue weighted by atomic mass is 16.4.